The Labute approximate surface area is 161 Å². The maximum absolute atomic E-state index is 13.1. The molecule has 7 heteroatoms. The van der Waals surface area contributed by atoms with Gasteiger partial charge in [0, 0.05) is 25.1 Å². The number of nitrogens with one attached hydrogen (secondary N) is 1. The fraction of sp³-hybridized carbons (Fsp3) is 0.900. The minimum atomic E-state index is -0.388. The molecular formula is C20H33N3O4. The fourth-order valence-corrected chi connectivity index (χ4v) is 4.68. The van der Waals surface area contributed by atoms with Crippen LogP contribution in [0.1, 0.15) is 51.4 Å². The van der Waals surface area contributed by atoms with Crippen LogP contribution in [0, 0.1) is 5.92 Å². The van der Waals surface area contributed by atoms with Crippen molar-refractivity contribution in [1.82, 2.24) is 15.1 Å². The molecule has 0 bridgehead atoms. The number of alkyl carbamates (subject to hydrolysis) is 1. The third kappa shape index (κ3) is 4.93. The van der Waals surface area contributed by atoms with Crippen LogP contribution in [0.25, 0.3) is 0 Å². The molecule has 2 amide bonds. The van der Waals surface area contributed by atoms with E-state index in [0.29, 0.717) is 19.8 Å². The lowest BCUT2D eigenvalue weighted by atomic mass is 9.92. The van der Waals surface area contributed by atoms with Crippen LogP contribution in [-0.2, 0) is 14.3 Å². The van der Waals surface area contributed by atoms with Crippen LogP contribution in [0.15, 0.2) is 0 Å². The highest BCUT2D eigenvalue weighted by molar-refractivity contribution is 5.79. The molecular weight excluding hydrogens is 346 g/mol. The number of ether oxygens (including phenoxy) is 2. The van der Waals surface area contributed by atoms with E-state index >= 15 is 0 Å². The van der Waals surface area contributed by atoms with Crippen molar-refractivity contribution >= 4 is 12.0 Å². The number of piperidine rings is 2. The van der Waals surface area contributed by atoms with Crippen molar-refractivity contribution in [3.8, 4) is 0 Å². The van der Waals surface area contributed by atoms with Gasteiger partial charge in [-0.2, -0.15) is 0 Å². The molecule has 4 fully saturated rings. The SMILES string of the molecule is O=C(NC1CCOC1)OCC1CCCCN1C(=O)C1CCN(C2CC2)CC1. The van der Waals surface area contributed by atoms with Crippen molar-refractivity contribution in [3.05, 3.63) is 0 Å². The largest absolute Gasteiger partial charge is 0.447 e. The Morgan fingerprint density at radius 2 is 1.81 bits per heavy atom. The molecule has 0 aromatic carbocycles. The normalized spacial score (nSPS) is 30.3. The van der Waals surface area contributed by atoms with Crippen LogP contribution in [-0.4, -0.2) is 79.4 Å². The zero-order chi connectivity index (χ0) is 18.6. The molecule has 1 aliphatic carbocycles. The maximum Gasteiger partial charge on any atom is 0.407 e. The fourth-order valence-electron chi connectivity index (χ4n) is 4.68. The molecule has 4 rings (SSSR count). The van der Waals surface area contributed by atoms with E-state index in [4.69, 9.17) is 9.47 Å². The van der Waals surface area contributed by atoms with Crippen LogP contribution in [0.2, 0.25) is 0 Å². The average Bonchev–Trinajstić information content (AvgIpc) is 3.43. The molecule has 0 radical (unpaired) electrons. The first-order chi connectivity index (χ1) is 13.2. The smallest absolute Gasteiger partial charge is 0.407 e. The number of carbonyl (C=O) groups is 2. The maximum atomic E-state index is 13.1. The van der Waals surface area contributed by atoms with Gasteiger partial charge in [0.15, 0.2) is 0 Å². The van der Waals surface area contributed by atoms with Crippen molar-refractivity contribution in [2.75, 3.05) is 39.5 Å². The van der Waals surface area contributed by atoms with Gasteiger partial charge in [-0.05, 0) is 64.5 Å². The van der Waals surface area contributed by atoms with Gasteiger partial charge in [0.1, 0.15) is 6.61 Å². The molecule has 2 unspecified atom stereocenters. The minimum Gasteiger partial charge on any atom is -0.447 e. The number of carbonyl (C=O) groups excluding carboxylic acids is 2. The van der Waals surface area contributed by atoms with Gasteiger partial charge in [-0.3, -0.25) is 4.79 Å². The predicted octanol–water partition coefficient (Wildman–Crippen LogP) is 1.76. The lowest BCUT2D eigenvalue weighted by Crippen LogP contribution is -2.51. The number of likely N-dealkylation sites (tertiary alicyclic amines) is 2. The van der Waals surface area contributed by atoms with E-state index < -0.39 is 0 Å². The number of rotatable bonds is 5. The standard InChI is InChI=1S/C20H33N3O4/c24-19(15-6-10-22(11-7-15)17-4-5-17)23-9-2-1-3-18(23)14-27-20(25)21-16-8-12-26-13-16/h15-18H,1-14H2,(H,21,25). The van der Waals surface area contributed by atoms with Crippen molar-refractivity contribution < 1.29 is 19.1 Å². The Kier molecular flexibility index (Phi) is 6.18. The van der Waals surface area contributed by atoms with Gasteiger partial charge in [-0.25, -0.2) is 4.79 Å². The molecule has 3 heterocycles. The third-order valence-electron chi connectivity index (χ3n) is 6.51. The van der Waals surface area contributed by atoms with Crippen LogP contribution in [0.4, 0.5) is 4.79 Å². The Hall–Kier alpha value is -1.34. The Morgan fingerprint density at radius 3 is 2.52 bits per heavy atom. The Balaban J connectivity index is 1.25. The van der Waals surface area contributed by atoms with E-state index in [1.54, 1.807) is 0 Å². The lowest BCUT2D eigenvalue weighted by molar-refractivity contribution is -0.142. The van der Waals surface area contributed by atoms with E-state index in [1.165, 1.54) is 12.8 Å². The summed E-state index contributed by atoms with van der Waals surface area (Å²) in [6, 6.07) is 0.873. The van der Waals surface area contributed by atoms with Gasteiger partial charge >= 0.3 is 6.09 Å². The number of hydrogen-bond donors (Lipinski definition) is 1. The average molecular weight is 380 g/mol. The van der Waals surface area contributed by atoms with E-state index in [1.807, 2.05) is 4.90 Å². The lowest BCUT2D eigenvalue weighted by Gasteiger charge is -2.39. The first-order valence-corrected chi connectivity index (χ1v) is 10.8. The molecule has 2 atom stereocenters. The molecule has 0 aromatic heterocycles. The third-order valence-corrected chi connectivity index (χ3v) is 6.51. The quantitative estimate of drug-likeness (QED) is 0.788. The van der Waals surface area contributed by atoms with Crippen molar-refractivity contribution in [2.45, 2.75) is 69.5 Å². The summed E-state index contributed by atoms with van der Waals surface area (Å²) >= 11 is 0. The summed E-state index contributed by atoms with van der Waals surface area (Å²) in [5.74, 6) is 0.424. The number of nitrogens with zero attached hydrogens (tertiary/aromatic N) is 2. The monoisotopic (exact) mass is 379 g/mol. The summed E-state index contributed by atoms with van der Waals surface area (Å²) in [6.07, 6.45) is 8.13. The molecule has 7 nitrogen and oxygen atoms in total. The summed E-state index contributed by atoms with van der Waals surface area (Å²) in [5, 5.41) is 2.85. The Morgan fingerprint density at radius 1 is 1.00 bits per heavy atom. The van der Waals surface area contributed by atoms with Gasteiger partial charge in [-0.15, -0.1) is 0 Å². The molecule has 3 aliphatic heterocycles. The van der Waals surface area contributed by atoms with Gasteiger partial charge < -0.3 is 24.6 Å². The molecule has 0 spiro atoms. The molecule has 1 N–H and O–H groups in total. The molecule has 3 saturated heterocycles. The first kappa shape index (κ1) is 19.0. The van der Waals surface area contributed by atoms with Crippen molar-refractivity contribution in [3.63, 3.8) is 0 Å². The summed E-state index contributed by atoms with van der Waals surface area (Å²) in [6.45, 7) is 4.46. The number of amides is 2. The second-order valence-corrected chi connectivity index (χ2v) is 8.53. The van der Waals surface area contributed by atoms with Crippen molar-refractivity contribution in [2.24, 2.45) is 5.92 Å². The first-order valence-electron chi connectivity index (χ1n) is 10.8. The summed E-state index contributed by atoms with van der Waals surface area (Å²) < 4.78 is 10.7. The number of hydrogen-bond acceptors (Lipinski definition) is 5. The zero-order valence-corrected chi connectivity index (χ0v) is 16.2. The predicted molar refractivity (Wildman–Crippen MR) is 100 cm³/mol. The van der Waals surface area contributed by atoms with E-state index in [2.05, 4.69) is 10.2 Å². The van der Waals surface area contributed by atoms with E-state index in [-0.39, 0.29) is 30.0 Å². The second kappa shape index (κ2) is 8.78. The topological polar surface area (TPSA) is 71.1 Å². The molecule has 27 heavy (non-hydrogen) atoms. The molecule has 4 aliphatic rings. The Bertz CT molecular complexity index is 525. The molecule has 0 aromatic rings. The highest BCUT2D eigenvalue weighted by atomic mass is 16.6. The second-order valence-electron chi connectivity index (χ2n) is 8.53. The van der Waals surface area contributed by atoms with Gasteiger partial charge in [0.05, 0.1) is 18.7 Å². The summed E-state index contributed by atoms with van der Waals surface area (Å²) in [5.41, 5.74) is 0. The summed E-state index contributed by atoms with van der Waals surface area (Å²) in [4.78, 5) is 29.7. The van der Waals surface area contributed by atoms with Crippen LogP contribution in [0.5, 0.6) is 0 Å². The van der Waals surface area contributed by atoms with Gasteiger partial charge in [0.25, 0.3) is 0 Å². The zero-order valence-electron chi connectivity index (χ0n) is 16.2. The molecule has 1 saturated carbocycles. The minimum absolute atomic E-state index is 0.0262. The van der Waals surface area contributed by atoms with E-state index in [0.717, 1.165) is 64.2 Å². The highest BCUT2D eigenvalue weighted by Crippen LogP contribution is 2.32. The van der Waals surface area contributed by atoms with Crippen LogP contribution >= 0.6 is 0 Å². The summed E-state index contributed by atoms with van der Waals surface area (Å²) in [7, 11) is 0. The van der Waals surface area contributed by atoms with E-state index in [9.17, 15) is 9.59 Å². The van der Waals surface area contributed by atoms with Crippen molar-refractivity contribution in [1.29, 1.82) is 0 Å². The van der Waals surface area contributed by atoms with Gasteiger partial charge in [0.2, 0.25) is 5.91 Å². The highest BCUT2D eigenvalue weighted by Gasteiger charge is 2.37. The van der Waals surface area contributed by atoms with Gasteiger partial charge in [-0.1, -0.05) is 0 Å². The van der Waals surface area contributed by atoms with Crippen LogP contribution < -0.4 is 5.32 Å². The van der Waals surface area contributed by atoms with Crippen LogP contribution in [0.3, 0.4) is 0 Å². The molecule has 152 valence electrons.